The van der Waals surface area contributed by atoms with Crippen molar-refractivity contribution in [1.29, 1.82) is 0 Å². The number of nitrogens with one attached hydrogen (secondary N) is 2. The number of carbonyl (C=O) groups is 1. The van der Waals surface area contributed by atoms with E-state index in [-0.39, 0.29) is 11.4 Å². The molecule has 23 heavy (non-hydrogen) atoms. The van der Waals surface area contributed by atoms with E-state index in [1.165, 1.54) is 5.56 Å². The molecule has 0 radical (unpaired) electrons. The number of aromatic nitrogens is 2. The lowest BCUT2D eigenvalue weighted by atomic mass is 9.89. The van der Waals surface area contributed by atoms with Crippen LogP contribution in [0.2, 0.25) is 0 Å². The highest BCUT2D eigenvalue weighted by Crippen LogP contribution is 2.22. The van der Waals surface area contributed by atoms with Gasteiger partial charge in [0.15, 0.2) is 0 Å². The summed E-state index contributed by atoms with van der Waals surface area (Å²) < 4.78 is 0. The minimum absolute atomic E-state index is 0.0796. The molecule has 1 aromatic carbocycles. The van der Waals surface area contributed by atoms with Crippen LogP contribution in [0.5, 0.6) is 0 Å². The van der Waals surface area contributed by atoms with E-state index >= 15 is 0 Å². The van der Waals surface area contributed by atoms with Gasteiger partial charge in [0.1, 0.15) is 6.33 Å². The number of carbonyl (C=O) groups excluding carboxylic acids is 1. The Balaban J connectivity index is 1.81. The zero-order chi connectivity index (χ0) is 16.7. The third-order valence-corrected chi connectivity index (χ3v) is 3.48. The predicted molar refractivity (Wildman–Crippen MR) is 91.1 cm³/mol. The molecule has 2 aromatic rings. The first-order chi connectivity index (χ1) is 11.0. The van der Waals surface area contributed by atoms with Gasteiger partial charge in [-0.25, -0.2) is 14.8 Å². The van der Waals surface area contributed by atoms with E-state index < -0.39 is 0 Å². The third kappa shape index (κ3) is 5.36. The average Bonchev–Trinajstić information content (AvgIpc) is 2.53. The van der Waals surface area contributed by atoms with Crippen LogP contribution in [0, 0.1) is 0 Å². The van der Waals surface area contributed by atoms with E-state index in [1.807, 2.05) is 18.2 Å². The molecule has 0 spiro atoms. The summed E-state index contributed by atoms with van der Waals surface area (Å²) in [6, 6.07) is 9.91. The Hall–Kier alpha value is -2.43. The van der Waals surface area contributed by atoms with Crippen LogP contribution in [0.1, 0.15) is 37.6 Å². The Kier molecular flexibility index (Phi) is 5.68. The molecule has 5 heteroatoms. The molecule has 0 atom stereocenters. The smallest absolute Gasteiger partial charge is 0.315 e. The Labute approximate surface area is 137 Å². The van der Waals surface area contributed by atoms with E-state index in [4.69, 9.17) is 0 Å². The standard InChI is InChI=1S/C18H24N4O/c1-18(2,3)16-15(11-19-13-22-16)12-21-17(23)20-10-9-14-7-5-4-6-8-14/h4-8,11,13H,9-10,12H2,1-3H3,(H2,20,21,23). The molecular weight excluding hydrogens is 288 g/mol. The molecule has 0 aliphatic rings. The molecule has 0 aliphatic heterocycles. The molecule has 2 amide bonds. The largest absolute Gasteiger partial charge is 0.338 e. The summed E-state index contributed by atoms with van der Waals surface area (Å²) in [5, 5.41) is 5.74. The van der Waals surface area contributed by atoms with E-state index in [0.717, 1.165) is 17.7 Å². The second kappa shape index (κ2) is 7.72. The first kappa shape index (κ1) is 16.9. The minimum atomic E-state index is -0.176. The van der Waals surface area contributed by atoms with Crippen LogP contribution in [0.15, 0.2) is 42.9 Å². The van der Waals surface area contributed by atoms with Gasteiger partial charge >= 0.3 is 6.03 Å². The van der Waals surface area contributed by atoms with Crippen LogP contribution in [0.3, 0.4) is 0 Å². The lowest BCUT2D eigenvalue weighted by Crippen LogP contribution is -2.36. The summed E-state index contributed by atoms with van der Waals surface area (Å²) in [5.41, 5.74) is 3.03. The number of hydrogen-bond donors (Lipinski definition) is 2. The van der Waals surface area contributed by atoms with Gasteiger partial charge in [-0.1, -0.05) is 51.1 Å². The van der Waals surface area contributed by atoms with Gasteiger partial charge in [0, 0.05) is 30.3 Å². The SMILES string of the molecule is CC(C)(C)c1ncncc1CNC(=O)NCCc1ccccc1. The van der Waals surface area contributed by atoms with E-state index in [1.54, 1.807) is 12.5 Å². The zero-order valence-corrected chi connectivity index (χ0v) is 14.0. The topological polar surface area (TPSA) is 66.9 Å². The van der Waals surface area contributed by atoms with Crippen LogP contribution in [0.4, 0.5) is 4.79 Å². The Morgan fingerprint density at radius 1 is 1.13 bits per heavy atom. The molecule has 5 nitrogen and oxygen atoms in total. The van der Waals surface area contributed by atoms with Gasteiger partial charge in [-0.3, -0.25) is 0 Å². The van der Waals surface area contributed by atoms with Gasteiger partial charge in [0.05, 0.1) is 5.69 Å². The molecule has 0 fully saturated rings. The summed E-state index contributed by atoms with van der Waals surface area (Å²) >= 11 is 0. The summed E-state index contributed by atoms with van der Waals surface area (Å²) in [4.78, 5) is 20.3. The van der Waals surface area contributed by atoms with Gasteiger partial charge in [-0.05, 0) is 12.0 Å². The second-order valence-electron chi connectivity index (χ2n) is 6.49. The molecule has 2 rings (SSSR count). The van der Waals surface area contributed by atoms with Crippen molar-refractivity contribution >= 4 is 6.03 Å². The second-order valence-corrected chi connectivity index (χ2v) is 6.49. The molecular formula is C18H24N4O. The predicted octanol–water partition coefficient (Wildman–Crippen LogP) is 2.82. The van der Waals surface area contributed by atoms with E-state index in [9.17, 15) is 4.79 Å². The fraction of sp³-hybridized carbons (Fsp3) is 0.389. The quantitative estimate of drug-likeness (QED) is 0.892. The molecule has 0 bridgehead atoms. The molecule has 2 N–H and O–H groups in total. The highest BCUT2D eigenvalue weighted by atomic mass is 16.2. The maximum atomic E-state index is 11.9. The minimum Gasteiger partial charge on any atom is -0.338 e. The van der Waals surface area contributed by atoms with Gasteiger partial charge in [-0.15, -0.1) is 0 Å². The molecule has 0 saturated heterocycles. The molecule has 1 aromatic heterocycles. The molecule has 0 saturated carbocycles. The summed E-state index contributed by atoms with van der Waals surface area (Å²) in [6.45, 7) is 7.31. The van der Waals surface area contributed by atoms with E-state index in [0.29, 0.717) is 13.1 Å². The lowest BCUT2D eigenvalue weighted by molar-refractivity contribution is 0.240. The highest BCUT2D eigenvalue weighted by Gasteiger charge is 2.19. The summed E-state index contributed by atoms with van der Waals surface area (Å²) in [7, 11) is 0. The molecule has 0 unspecified atom stereocenters. The number of hydrogen-bond acceptors (Lipinski definition) is 3. The van der Waals surface area contributed by atoms with Crippen molar-refractivity contribution in [1.82, 2.24) is 20.6 Å². The monoisotopic (exact) mass is 312 g/mol. The van der Waals surface area contributed by atoms with Crippen molar-refractivity contribution in [3.05, 3.63) is 59.7 Å². The van der Waals surface area contributed by atoms with E-state index in [2.05, 4.69) is 53.5 Å². The number of urea groups is 1. The van der Waals surface area contributed by atoms with Crippen LogP contribution in [0.25, 0.3) is 0 Å². The maximum Gasteiger partial charge on any atom is 0.315 e. The van der Waals surface area contributed by atoms with Crippen LogP contribution in [-0.2, 0) is 18.4 Å². The van der Waals surface area contributed by atoms with Gasteiger partial charge in [-0.2, -0.15) is 0 Å². The summed E-state index contributed by atoms with van der Waals surface area (Å²) in [5.74, 6) is 0. The Morgan fingerprint density at radius 2 is 1.87 bits per heavy atom. The van der Waals surface area contributed by atoms with Crippen molar-refractivity contribution in [2.75, 3.05) is 6.54 Å². The average molecular weight is 312 g/mol. The zero-order valence-electron chi connectivity index (χ0n) is 14.0. The number of nitrogens with zero attached hydrogens (tertiary/aromatic N) is 2. The molecule has 0 aliphatic carbocycles. The first-order valence-electron chi connectivity index (χ1n) is 7.82. The van der Waals surface area contributed by atoms with Crippen molar-refractivity contribution in [3.8, 4) is 0 Å². The number of rotatable bonds is 5. The highest BCUT2D eigenvalue weighted by molar-refractivity contribution is 5.73. The van der Waals surface area contributed by atoms with Crippen LogP contribution in [-0.4, -0.2) is 22.5 Å². The van der Waals surface area contributed by atoms with Gasteiger partial charge in [0.2, 0.25) is 0 Å². The lowest BCUT2D eigenvalue weighted by Gasteiger charge is -2.21. The van der Waals surface area contributed by atoms with Crippen LogP contribution < -0.4 is 10.6 Å². The fourth-order valence-corrected chi connectivity index (χ4v) is 2.37. The van der Waals surface area contributed by atoms with Crippen molar-refractivity contribution < 1.29 is 4.79 Å². The summed E-state index contributed by atoms with van der Waals surface area (Å²) in [6.07, 6.45) is 4.12. The van der Waals surface area contributed by atoms with Crippen molar-refractivity contribution in [2.24, 2.45) is 0 Å². The third-order valence-electron chi connectivity index (χ3n) is 3.48. The fourth-order valence-electron chi connectivity index (χ4n) is 2.37. The molecule has 1 heterocycles. The van der Waals surface area contributed by atoms with Gasteiger partial charge in [0.25, 0.3) is 0 Å². The number of benzene rings is 1. The van der Waals surface area contributed by atoms with Gasteiger partial charge < -0.3 is 10.6 Å². The van der Waals surface area contributed by atoms with Crippen LogP contribution >= 0.6 is 0 Å². The van der Waals surface area contributed by atoms with Crippen molar-refractivity contribution in [3.63, 3.8) is 0 Å². The molecule has 122 valence electrons. The number of amides is 2. The normalized spacial score (nSPS) is 11.1. The Bertz CT molecular complexity index is 635. The maximum absolute atomic E-state index is 11.9. The van der Waals surface area contributed by atoms with Crippen molar-refractivity contribution in [2.45, 2.75) is 39.2 Å². The first-order valence-corrected chi connectivity index (χ1v) is 7.82. The Morgan fingerprint density at radius 3 is 2.57 bits per heavy atom.